The molecule has 5 nitrogen and oxygen atoms in total. The van der Waals surface area contributed by atoms with Crippen LogP contribution >= 0.6 is 0 Å². The number of phenols is 1. The zero-order chi connectivity index (χ0) is 18.7. The maximum absolute atomic E-state index is 13.0. The third-order valence-corrected chi connectivity index (χ3v) is 6.86. The molecule has 0 spiro atoms. The highest BCUT2D eigenvalue weighted by atomic mass is 32.2. The summed E-state index contributed by atoms with van der Waals surface area (Å²) in [7, 11) is -2.02. The smallest absolute Gasteiger partial charge is 0.184 e. The van der Waals surface area contributed by atoms with Crippen LogP contribution in [-0.2, 0) is 9.84 Å². The molecule has 1 aliphatic rings. The third kappa shape index (κ3) is 3.71. The second-order valence-corrected chi connectivity index (χ2v) is 8.83. The summed E-state index contributed by atoms with van der Waals surface area (Å²) in [6.07, 6.45) is 2.86. The van der Waals surface area contributed by atoms with Gasteiger partial charge < -0.3 is 15.2 Å². The second-order valence-electron chi connectivity index (χ2n) is 6.83. The second kappa shape index (κ2) is 7.68. The number of unbranched alkanes of at least 4 members (excludes halogenated alkanes) is 1. The summed E-state index contributed by atoms with van der Waals surface area (Å²) in [5, 5.41) is 12.3. The number of hydrogen-bond acceptors (Lipinski definition) is 4. The Morgan fingerprint density at radius 3 is 2.62 bits per heavy atom. The Bertz CT molecular complexity index is 865. The van der Waals surface area contributed by atoms with Gasteiger partial charge in [0.05, 0.1) is 12.0 Å². The highest BCUT2D eigenvalue weighted by Crippen LogP contribution is 2.37. The number of fused-ring (bicyclic) bond motifs is 1. The van der Waals surface area contributed by atoms with Crippen molar-refractivity contribution >= 4 is 9.84 Å². The molecule has 0 saturated carbocycles. The van der Waals surface area contributed by atoms with Gasteiger partial charge in [-0.05, 0) is 12.5 Å². The van der Waals surface area contributed by atoms with Crippen molar-refractivity contribution in [2.75, 3.05) is 12.9 Å². The number of aromatic hydroxyl groups is 1. The predicted molar refractivity (Wildman–Crippen MR) is 100 cm³/mol. The molecule has 3 rings (SSSR count). The van der Waals surface area contributed by atoms with Gasteiger partial charge in [0.2, 0.25) is 0 Å². The van der Waals surface area contributed by atoms with Crippen molar-refractivity contribution in [2.45, 2.75) is 43.2 Å². The van der Waals surface area contributed by atoms with E-state index >= 15 is 0 Å². The van der Waals surface area contributed by atoms with E-state index in [1.165, 1.54) is 13.2 Å². The van der Waals surface area contributed by atoms with Gasteiger partial charge in [-0.2, -0.15) is 0 Å². The van der Waals surface area contributed by atoms with E-state index in [2.05, 4.69) is 12.2 Å². The maximum Gasteiger partial charge on any atom is 0.184 e. The highest BCUT2D eigenvalue weighted by Gasteiger charge is 2.37. The SMILES string of the molecule is CCCCC1CS(=O)(=O)c2cc(O)c(OC)cc2C(c2ccccc2)[NH2+]1. The van der Waals surface area contributed by atoms with Crippen molar-refractivity contribution in [3.8, 4) is 11.5 Å². The van der Waals surface area contributed by atoms with Gasteiger partial charge in [-0.3, -0.25) is 0 Å². The van der Waals surface area contributed by atoms with Crippen LogP contribution in [0, 0.1) is 0 Å². The van der Waals surface area contributed by atoms with Crippen molar-refractivity contribution in [2.24, 2.45) is 0 Å². The van der Waals surface area contributed by atoms with Crippen LogP contribution in [0.4, 0.5) is 0 Å². The van der Waals surface area contributed by atoms with Crippen LogP contribution < -0.4 is 10.1 Å². The lowest BCUT2D eigenvalue weighted by atomic mass is 9.96. The first kappa shape index (κ1) is 18.7. The number of quaternary nitrogens is 1. The van der Waals surface area contributed by atoms with Crippen LogP contribution in [0.2, 0.25) is 0 Å². The Hall–Kier alpha value is -2.05. The zero-order valence-electron chi connectivity index (χ0n) is 15.2. The first-order chi connectivity index (χ1) is 12.5. The Labute approximate surface area is 154 Å². The fourth-order valence-electron chi connectivity index (χ4n) is 3.64. The van der Waals surface area contributed by atoms with Gasteiger partial charge in [-0.1, -0.05) is 43.7 Å². The molecule has 1 aliphatic heterocycles. The number of nitrogens with two attached hydrogens (primary N) is 1. The minimum Gasteiger partial charge on any atom is -0.504 e. The van der Waals surface area contributed by atoms with Gasteiger partial charge in [0, 0.05) is 23.6 Å². The van der Waals surface area contributed by atoms with Gasteiger partial charge in [0.15, 0.2) is 21.3 Å². The number of sulfone groups is 1. The lowest BCUT2D eigenvalue weighted by Crippen LogP contribution is -2.91. The Morgan fingerprint density at radius 2 is 1.96 bits per heavy atom. The van der Waals surface area contributed by atoms with Gasteiger partial charge in [-0.15, -0.1) is 0 Å². The summed E-state index contributed by atoms with van der Waals surface area (Å²) < 4.78 is 31.3. The largest absolute Gasteiger partial charge is 0.504 e. The maximum atomic E-state index is 13.0. The molecular formula is C20H26NO4S+. The molecule has 2 aromatic carbocycles. The number of benzene rings is 2. The van der Waals surface area contributed by atoms with Crippen LogP contribution in [0.25, 0.3) is 0 Å². The van der Waals surface area contributed by atoms with Gasteiger partial charge in [0.25, 0.3) is 0 Å². The molecule has 2 atom stereocenters. The molecule has 0 saturated heterocycles. The molecule has 3 N–H and O–H groups in total. The predicted octanol–water partition coefficient (Wildman–Crippen LogP) is 2.40. The van der Waals surface area contributed by atoms with E-state index in [1.807, 2.05) is 30.3 Å². The standard InChI is InChI=1S/C20H25NO4S/c1-3-4-10-15-13-26(23,24)19-12-17(22)18(25-2)11-16(19)20(21-15)14-8-6-5-7-9-14/h5-9,11-12,15,20-22H,3-4,10,13H2,1-2H3/p+1. The van der Waals surface area contributed by atoms with E-state index in [9.17, 15) is 13.5 Å². The molecular weight excluding hydrogens is 350 g/mol. The number of phenolic OH excluding ortho intramolecular Hbond substituents is 1. The topological polar surface area (TPSA) is 80.2 Å². The van der Waals surface area contributed by atoms with E-state index in [4.69, 9.17) is 4.74 Å². The van der Waals surface area contributed by atoms with Crippen LogP contribution in [0.5, 0.6) is 11.5 Å². The summed E-state index contributed by atoms with van der Waals surface area (Å²) in [5.74, 6) is 0.226. The molecule has 2 unspecified atom stereocenters. The minimum absolute atomic E-state index is 0.0225. The summed E-state index contributed by atoms with van der Waals surface area (Å²) in [6.45, 7) is 2.11. The highest BCUT2D eigenvalue weighted by molar-refractivity contribution is 7.91. The molecule has 0 amide bonds. The first-order valence-electron chi connectivity index (χ1n) is 9.00. The minimum atomic E-state index is -3.49. The first-order valence-corrected chi connectivity index (χ1v) is 10.6. The molecule has 0 bridgehead atoms. The van der Waals surface area contributed by atoms with Crippen molar-refractivity contribution in [3.63, 3.8) is 0 Å². The van der Waals surface area contributed by atoms with E-state index in [-0.39, 0.29) is 28.5 Å². The van der Waals surface area contributed by atoms with Crippen LogP contribution in [-0.4, -0.2) is 32.4 Å². The van der Waals surface area contributed by atoms with Crippen molar-refractivity contribution in [3.05, 3.63) is 53.6 Å². The van der Waals surface area contributed by atoms with Crippen molar-refractivity contribution in [1.29, 1.82) is 0 Å². The van der Waals surface area contributed by atoms with E-state index < -0.39 is 9.84 Å². The van der Waals surface area contributed by atoms with E-state index in [0.717, 1.165) is 24.8 Å². The fraction of sp³-hybridized carbons (Fsp3) is 0.400. The quantitative estimate of drug-likeness (QED) is 0.840. The summed E-state index contributed by atoms with van der Waals surface area (Å²) >= 11 is 0. The lowest BCUT2D eigenvalue weighted by molar-refractivity contribution is -0.716. The molecule has 2 aromatic rings. The average Bonchev–Trinajstić information content (AvgIpc) is 2.74. The average molecular weight is 376 g/mol. The molecule has 140 valence electrons. The monoisotopic (exact) mass is 376 g/mol. The van der Waals surface area contributed by atoms with Gasteiger partial charge in [0.1, 0.15) is 17.8 Å². The van der Waals surface area contributed by atoms with Gasteiger partial charge >= 0.3 is 0 Å². The number of ether oxygens (including phenoxy) is 1. The number of hydrogen-bond donors (Lipinski definition) is 2. The van der Waals surface area contributed by atoms with E-state index in [1.54, 1.807) is 6.07 Å². The van der Waals surface area contributed by atoms with Crippen LogP contribution in [0.15, 0.2) is 47.4 Å². The molecule has 0 aromatic heterocycles. The number of methoxy groups -OCH3 is 1. The van der Waals surface area contributed by atoms with E-state index in [0.29, 0.717) is 11.3 Å². The summed E-state index contributed by atoms with van der Waals surface area (Å²) in [5.41, 5.74) is 1.71. The summed E-state index contributed by atoms with van der Waals surface area (Å²) in [4.78, 5) is 0.208. The number of rotatable bonds is 5. The fourth-order valence-corrected chi connectivity index (χ4v) is 5.50. The van der Waals surface area contributed by atoms with Crippen LogP contribution in [0.1, 0.15) is 43.4 Å². The van der Waals surface area contributed by atoms with Crippen molar-refractivity contribution in [1.82, 2.24) is 0 Å². The molecule has 1 heterocycles. The van der Waals surface area contributed by atoms with Crippen molar-refractivity contribution < 1.29 is 23.6 Å². The molecule has 26 heavy (non-hydrogen) atoms. The molecule has 0 fully saturated rings. The van der Waals surface area contributed by atoms with Gasteiger partial charge in [-0.25, -0.2) is 8.42 Å². The summed E-state index contributed by atoms with van der Waals surface area (Å²) in [6, 6.07) is 12.7. The molecule has 6 heteroatoms. The third-order valence-electron chi connectivity index (χ3n) is 4.97. The normalized spacial score (nSPS) is 21.6. The van der Waals surface area contributed by atoms with Crippen LogP contribution in [0.3, 0.4) is 0 Å². The zero-order valence-corrected chi connectivity index (χ0v) is 16.0. The Balaban J connectivity index is 2.17. The molecule has 0 radical (unpaired) electrons. The molecule has 0 aliphatic carbocycles. The lowest BCUT2D eigenvalue weighted by Gasteiger charge is -2.20. The Kier molecular flexibility index (Phi) is 5.53. The Morgan fingerprint density at radius 1 is 1.23 bits per heavy atom.